The molecule has 11 heavy (non-hydrogen) atoms. The van der Waals surface area contributed by atoms with Gasteiger partial charge < -0.3 is 23.6 Å². The molecule has 0 aliphatic carbocycles. The van der Waals surface area contributed by atoms with Gasteiger partial charge in [0, 0.05) is 11.1 Å². The van der Waals surface area contributed by atoms with E-state index < -0.39 is 0 Å². The first-order valence-electron chi connectivity index (χ1n) is 3.10. The Hall–Kier alpha value is -0.570. The second-order valence-electron chi connectivity index (χ2n) is 2.37. The van der Waals surface area contributed by atoms with E-state index in [-0.39, 0.29) is 17.9 Å². The molecule has 0 amide bonds. The lowest BCUT2D eigenvalue weighted by Crippen LogP contribution is -3.00. The van der Waals surface area contributed by atoms with Crippen LogP contribution < -0.4 is 18.1 Å². The molecular weight excluding hydrogens is 162 g/mol. The summed E-state index contributed by atoms with van der Waals surface area (Å²) in [6.45, 7) is 4.16. The molecule has 2 nitrogen and oxygen atoms in total. The van der Waals surface area contributed by atoms with Gasteiger partial charge in [0.05, 0.1) is 0 Å². The van der Waals surface area contributed by atoms with Crippen molar-refractivity contribution in [2.24, 2.45) is 0 Å². The van der Waals surface area contributed by atoms with E-state index in [1.165, 1.54) is 11.1 Å². The molecule has 0 radical (unpaired) electrons. The Kier molecular flexibility index (Phi) is 6.09. The topological polar surface area (TPSA) is 59.1 Å². The van der Waals surface area contributed by atoms with E-state index in [0.29, 0.717) is 0 Å². The van der Waals surface area contributed by atoms with E-state index in [2.05, 4.69) is 37.8 Å². The smallest absolute Gasteiger partial charge is 0.133 e. The predicted octanol–water partition coefficient (Wildman–Crippen LogP) is -2.64. The Bertz CT molecular complexity index is 205. The lowest BCUT2D eigenvalue weighted by atomic mass is 10.1. The standard InChI is InChI=1S/C8H11N.ClH.H2O/c1-6-4-3-5-7(2)8(6)9;;/h3-5H,9H2,1-2H3;1H;1H2. The van der Waals surface area contributed by atoms with Gasteiger partial charge in [-0.3, -0.25) is 0 Å². The van der Waals surface area contributed by atoms with E-state index >= 15 is 0 Å². The fourth-order valence-electron chi connectivity index (χ4n) is 0.849. The molecule has 3 heteroatoms. The normalized spacial score (nSPS) is 7.91. The molecule has 1 aromatic rings. The average molecular weight is 176 g/mol. The van der Waals surface area contributed by atoms with E-state index in [1.807, 2.05) is 0 Å². The molecule has 0 fully saturated rings. The Morgan fingerprint density at radius 1 is 1.09 bits per heavy atom. The fourth-order valence-corrected chi connectivity index (χ4v) is 0.849. The SMILES string of the molecule is Cc1cccc(C)c1[NH3+].O.[Cl-]. The molecule has 0 aliphatic heterocycles. The molecule has 0 unspecified atom stereocenters. The van der Waals surface area contributed by atoms with Gasteiger partial charge in [0.2, 0.25) is 0 Å². The predicted molar refractivity (Wildman–Crippen MR) is 42.1 cm³/mol. The van der Waals surface area contributed by atoms with E-state index in [0.717, 1.165) is 5.69 Å². The first-order valence-corrected chi connectivity index (χ1v) is 3.10. The highest BCUT2D eigenvalue weighted by Gasteiger charge is 1.97. The zero-order valence-corrected chi connectivity index (χ0v) is 7.57. The first kappa shape index (κ1) is 13.1. The van der Waals surface area contributed by atoms with Gasteiger partial charge in [0.15, 0.2) is 0 Å². The highest BCUT2D eigenvalue weighted by atomic mass is 35.5. The van der Waals surface area contributed by atoms with Crippen LogP contribution in [0.5, 0.6) is 0 Å². The van der Waals surface area contributed by atoms with Crippen LogP contribution in [-0.4, -0.2) is 5.48 Å². The van der Waals surface area contributed by atoms with Crippen LogP contribution in [-0.2, 0) is 0 Å². The lowest BCUT2D eigenvalue weighted by Gasteiger charge is -1.96. The quantitative estimate of drug-likeness (QED) is 0.448. The van der Waals surface area contributed by atoms with Crippen LogP contribution >= 0.6 is 0 Å². The van der Waals surface area contributed by atoms with Crippen LogP contribution in [0.3, 0.4) is 0 Å². The third-order valence-electron chi connectivity index (χ3n) is 1.64. The van der Waals surface area contributed by atoms with Gasteiger partial charge in [-0.05, 0) is 13.8 Å². The summed E-state index contributed by atoms with van der Waals surface area (Å²) < 4.78 is 0. The molecule has 0 aliphatic rings. The summed E-state index contributed by atoms with van der Waals surface area (Å²) in [6.07, 6.45) is 0. The van der Waals surface area contributed by atoms with Crippen molar-refractivity contribution >= 4 is 5.69 Å². The number of quaternary nitrogens is 1. The van der Waals surface area contributed by atoms with Crippen molar-refractivity contribution in [1.29, 1.82) is 0 Å². The molecule has 64 valence electrons. The van der Waals surface area contributed by atoms with Gasteiger partial charge in [-0.25, -0.2) is 0 Å². The third-order valence-corrected chi connectivity index (χ3v) is 1.64. The van der Waals surface area contributed by atoms with Crippen molar-refractivity contribution < 1.29 is 23.6 Å². The molecule has 1 rings (SSSR count). The summed E-state index contributed by atoms with van der Waals surface area (Å²) in [5.74, 6) is 0. The highest BCUT2D eigenvalue weighted by Crippen LogP contribution is 2.11. The minimum atomic E-state index is 0. The van der Waals surface area contributed by atoms with Gasteiger partial charge in [-0.2, -0.15) is 0 Å². The maximum absolute atomic E-state index is 3.92. The summed E-state index contributed by atoms with van der Waals surface area (Å²) in [5.41, 5.74) is 7.63. The Balaban J connectivity index is 0. The van der Waals surface area contributed by atoms with Crippen molar-refractivity contribution in [3.63, 3.8) is 0 Å². The molecule has 0 heterocycles. The molecule has 1 aromatic carbocycles. The number of hydrogen-bond donors (Lipinski definition) is 1. The molecule has 0 aromatic heterocycles. The highest BCUT2D eigenvalue weighted by molar-refractivity contribution is 5.44. The van der Waals surface area contributed by atoms with E-state index in [4.69, 9.17) is 0 Å². The van der Waals surface area contributed by atoms with Crippen LogP contribution in [0.15, 0.2) is 18.2 Å². The fraction of sp³-hybridized carbons (Fsp3) is 0.250. The molecule has 0 spiro atoms. The summed E-state index contributed by atoms with van der Waals surface area (Å²) in [6, 6.07) is 6.21. The molecule has 5 N–H and O–H groups in total. The van der Waals surface area contributed by atoms with Crippen LogP contribution in [0.25, 0.3) is 0 Å². The largest absolute Gasteiger partial charge is 1.00 e. The summed E-state index contributed by atoms with van der Waals surface area (Å²) >= 11 is 0. The van der Waals surface area contributed by atoms with Crippen LogP contribution in [0.4, 0.5) is 5.69 Å². The van der Waals surface area contributed by atoms with Gasteiger partial charge in [0.25, 0.3) is 0 Å². The number of benzene rings is 1. The van der Waals surface area contributed by atoms with Gasteiger partial charge in [0.1, 0.15) is 5.69 Å². The minimum Gasteiger partial charge on any atom is -1.00 e. The molecule has 0 saturated carbocycles. The second kappa shape index (κ2) is 5.13. The second-order valence-corrected chi connectivity index (χ2v) is 2.37. The summed E-state index contributed by atoms with van der Waals surface area (Å²) in [7, 11) is 0. The van der Waals surface area contributed by atoms with E-state index in [9.17, 15) is 0 Å². The van der Waals surface area contributed by atoms with Crippen LogP contribution in [0.2, 0.25) is 0 Å². The molecule has 0 saturated heterocycles. The number of aryl methyl sites for hydroxylation is 2. The maximum atomic E-state index is 3.92. The number of halogens is 1. The zero-order valence-electron chi connectivity index (χ0n) is 6.82. The van der Waals surface area contributed by atoms with Gasteiger partial charge >= 0.3 is 0 Å². The average Bonchev–Trinajstić information content (AvgIpc) is 1.83. The Labute approximate surface area is 73.1 Å². The van der Waals surface area contributed by atoms with Gasteiger partial charge in [-0.15, -0.1) is 0 Å². The summed E-state index contributed by atoms with van der Waals surface area (Å²) in [4.78, 5) is 0. The monoisotopic (exact) mass is 175 g/mol. The Morgan fingerprint density at radius 2 is 1.45 bits per heavy atom. The number of rotatable bonds is 0. The van der Waals surface area contributed by atoms with Gasteiger partial charge in [-0.1, -0.05) is 18.2 Å². The minimum absolute atomic E-state index is 0. The zero-order chi connectivity index (χ0) is 6.85. The molecule has 0 atom stereocenters. The summed E-state index contributed by atoms with van der Waals surface area (Å²) in [5, 5.41) is 0. The first-order chi connectivity index (χ1) is 4.22. The lowest BCUT2D eigenvalue weighted by molar-refractivity contribution is -0.256. The van der Waals surface area contributed by atoms with Crippen molar-refractivity contribution in [1.82, 2.24) is 0 Å². The van der Waals surface area contributed by atoms with Crippen molar-refractivity contribution in [2.45, 2.75) is 13.8 Å². The molecular formula is C8H14ClNO. The van der Waals surface area contributed by atoms with Crippen LogP contribution in [0.1, 0.15) is 11.1 Å². The van der Waals surface area contributed by atoms with Crippen molar-refractivity contribution in [3.05, 3.63) is 29.3 Å². The maximum Gasteiger partial charge on any atom is 0.133 e. The van der Waals surface area contributed by atoms with Crippen LogP contribution in [0, 0.1) is 13.8 Å². The number of hydrogen-bond acceptors (Lipinski definition) is 0. The third kappa shape index (κ3) is 2.89. The Morgan fingerprint density at radius 3 is 1.73 bits per heavy atom. The molecule has 0 bridgehead atoms. The van der Waals surface area contributed by atoms with E-state index in [1.54, 1.807) is 0 Å². The van der Waals surface area contributed by atoms with Crippen molar-refractivity contribution in [2.75, 3.05) is 0 Å². The van der Waals surface area contributed by atoms with Crippen molar-refractivity contribution in [3.8, 4) is 0 Å².